The summed E-state index contributed by atoms with van der Waals surface area (Å²) in [5.41, 5.74) is 3.38. The molecule has 2 aromatic rings. The van der Waals surface area contributed by atoms with Crippen molar-refractivity contribution < 1.29 is 13.2 Å². The lowest BCUT2D eigenvalue weighted by Gasteiger charge is -2.06. The number of carbonyl (C=O) groups excluding carboxylic acids is 1. The Labute approximate surface area is 127 Å². The van der Waals surface area contributed by atoms with Gasteiger partial charge >= 0.3 is 0 Å². The van der Waals surface area contributed by atoms with Crippen LogP contribution in [0.25, 0.3) is 0 Å². The van der Waals surface area contributed by atoms with Gasteiger partial charge in [-0.15, -0.1) is 11.3 Å². The lowest BCUT2D eigenvalue weighted by atomic mass is 10.2. The number of sulfonamides is 1. The molecule has 21 heavy (non-hydrogen) atoms. The number of thiazole rings is 1. The van der Waals surface area contributed by atoms with Gasteiger partial charge in [0.1, 0.15) is 0 Å². The minimum Gasteiger partial charge on any atom is -0.352 e. The fourth-order valence-electron chi connectivity index (χ4n) is 1.70. The van der Waals surface area contributed by atoms with Gasteiger partial charge in [0.15, 0.2) is 0 Å². The molecule has 0 saturated heterocycles. The third-order valence-corrected chi connectivity index (χ3v) is 4.77. The van der Waals surface area contributed by atoms with Crippen LogP contribution in [0, 0.1) is 6.92 Å². The summed E-state index contributed by atoms with van der Waals surface area (Å²) in [7, 11) is -3.68. The van der Waals surface area contributed by atoms with E-state index in [2.05, 4.69) is 10.3 Å². The van der Waals surface area contributed by atoms with Crippen LogP contribution in [0.5, 0.6) is 0 Å². The maximum atomic E-state index is 11.8. The van der Waals surface area contributed by atoms with E-state index in [1.165, 1.54) is 23.5 Å². The minimum absolute atomic E-state index is 0.0536. The molecule has 112 valence electrons. The van der Waals surface area contributed by atoms with Crippen molar-refractivity contribution in [3.8, 4) is 0 Å². The van der Waals surface area contributed by atoms with Crippen molar-refractivity contribution in [1.82, 2.24) is 10.3 Å². The molecule has 1 heterocycles. The second-order valence-electron chi connectivity index (χ2n) is 4.50. The molecule has 0 radical (unpaired) electrons. The van der Waals surface area contributed by atoms with E-state index in [-0.39, 0.29) is 10.8 Å². The number of amides is 1. The van der Waals surface area contributed by atoms with E-state index < -0.39 is 10.0 Å². The van der Waals surface area contributed by atoms with Gasteiger partial charge in [0.2, 0.25) is 15.9 Å². The van der Waals surface area contributed by atoms with Crippen LogP contribution in [-0.2, 0) is 27.8 Å². The third kappa shape index (κ3) is 4.35. The molecule has 2 rings (SSSR count). The molecule has 0 saturated carbocycles. The Bertz CT molecular complexity index is 736. The third-order valence-electron chi connectivity index (χ3n) is 2.91. The van der Waals surface area contributed by atoms with Crippen LogP contribution >= 0.6 is 11.3 Å². The summed E-state index contributed by atoms with van der Waals surface area (Å²) in [5.74, 6) is -0.0992. The fraction of sp³-hybridized carbons (Fsp3) is 0.231. The zero-order valence-corrected chi connectivity index (χ0v) is 13.0. The molecule has 0 aliphatic carbocycles. The summed E-state index contributed by atoms with van der Waals surface area (Å²) in [6, 6.07) is 6.09. The molecule has 1 amide bonds. The first-order chi connectivity index (χ1) is 9.86. The first kappa shape index (κ1) is 15.6. The average Bonchev–Trinajstić information content (AvgIpc) is 2.81. The number of benzene rings is 1. The van der Waals surface area contributed by atoms with Gasteiger partial charge in [0.05, 0.1) is 22.5 Å². The molecule has 1 aromatic heterocycles. The summed E-state index contributed by atoms with van der Waals surface area (Å²) >= 11 is 1.45. The second-order valence-corrected chi connectivity index (χ2v) is 7.00. The number of primary sulfonamides is 1. The summed E-state index contributed by atoms with van der Waals surface area (Å²) < 4.78 is 22.2. The zero-order chi connectivity index (χ0) is 15.5. The zero-order valence-electron chi connectivity index (χ0n) is 11.4. The minimum atomic E-state index is -3.68. The van der Waals surface area contributed by atoms with Crippen LogP contribution in [0.2, 0.25) is 0 Å². The Hall–Kier alpha value is -1.77. The van der Waals surface area contributed by atoms with Crippen molar-refractivity contribution in [3.63, 3.8) is 0 Å². The molecule has 0 unspecified atom stereocenters. The number of aryl methyl sites for hydroxylation is 1. The Morgan fingerprint density at radius 3 is 2.52 bits per heavy atom. The predicted molar refractivity (Wildman–Crippen MR) is 80.2 cm³/mol. The SMILES string of the molecule is Cc1ncsc1CC(=O)NCc1ccc(S(N)(=O)=O)cc1. The highest BCUT2D eigenvalue weighted by atomic mass is 32.2. The first-order valence-electron chi connectivity index (χ1n) is 6.13. The molecule has 3 N–H and O–H groups in total. The van der Waals surface area contributed by atoms with E-state index in [0.717, 1.165) is 16.1 Å². The van der Waals surface area contributed by atoms with Gasteiger partial charge in [0.25, 0.3) is 0 Å². The normalized spacial score (nSPS) is 11.3. The van der Waals surface area contributed by atoms with Gasteiger partial charge in [0, 0.05) is 11.4 Å². The van der Waals surface area contributed by atoms with Gasteiger partial charge in [-0.25, -0.2) is 18.5 Å². The quantitative estimate of drug-likeness (QED) is 0.854. The van der Waals surface area contributed by atoms with Crippen LogP contribution in [0.3, 0.4) is 0 Å². The van der Waals surface area contributed by atoms with Crippen molar-refractivity contribution in [3.05, 3.63) is 45.9 Å². The van der Waals surface area contributed by atoms with E-state index >= 15 is 0 Å². The molecule has 1 aromatic carbocycles. The number of nitrogens with one attached hydrogen (secondary N) is 1. The van der Waals surface area contributed by atoms with Crippen molar-refractivity contribution in [1.29, 1.82) is 0 Å². The molecule has 0 aliphatic heterocycles. The van der Waals surface area contributed by atoms with Crippen LogP contribution in [0.1, 0.15) is 16.1 Å². The Morgan fingerprint density at radius 1 is 1.33 bits per heavy atom. The largest absolute Gasteiger partial charge is 0.352 e. The molecule has 8 heteroatoms. The van der Waals surface area contributed by atoms with Crippen LogP contribution in [0.15, 0.2) is 34.7 Å². The standard InChI is InChI=1S/C13H15N3O3S2/c1-9-12(20-8-16-9)6-13(17)15-7-10-2-4-11(5-3-10)21(14,18)19/h2-5,8H,6-7H2,1H3,(H,15,17)(H2,14,18,19). The molecule has 0 fully saturated rings. The Morgan fingerprint density at radius 2 is 2.00 bits per heavy atom. The van der Waals surface area contributed by atoms with Crippen LogP contribution in [0.4, 0.5) is 0 Å². The number of carbonyl (C=O) groups is 1. The van der Waals surface area contributed by atoms with Crippen molar-refractivity contribution in [2.24, 2.45) is 5.14 Å². The Balaban J connectivity index is 1.91. The maximum absolute atomic E-state index is 11.8. The number of nitrogens with two attached hydrogens (primary N) is 1. The van der Waals surface area contributed by atoms with Crippen molar-refractivity contribution >= 4 is 27.3 Å². The predicted octanol–water partition coefficient (Wildman–Crippen LogP) is 0.958. The summed E-state index contributed by atoms with van der Waals surface area (Å²) in [4.78, 5) is 16.9. The molecule has 0 aliphatic rings. The van der Waals surface area contributed by atoms with E-state index in [9.17, 15) is 13.2 Å². The fourth-order valence-corrected chi connectivity index (χ4v) is 2.99. The molecule has 0 bridgehead atoms. The molecular formula is C13H15N3O3S2. The maximum Gasteiger partial charge on any atom is 0.238 e. The summed E-state index contributed by atoms with van der Waals surface area (Å²) in [6.07, 6.45) is 0.297. The highest BCUT2D eigenvalue weighted by Crippen LogP contribution is 2.13. The highest BCUT2D eigenvalue weighted by molar-refractivity contribution is 7.89. The van der Waals surface area contributed by atoms with Crippen LogP contribution in [-0.4, -0.2) is 19.3 Å². The summed E-state index contributed by atoms with van der Waals surface area (Å²) in [6.45, 7) is 2.20. The molecule has 0 atom stereocenters. The molecule has 6 nitrogen and oxygen atoms in total. The molecular weight excluding hydrogens is 310 g/mol. The first-order valence-corrected chi connectivity index (χ1v) is 8.56. The lowest BCUT2D eigenvalue weighted by Crippen LogP contribution is -2.24. The van der Waals surface area contributed by atoms with E-state index in [0.29, 0.717) is 13.0 Å². The second kappa shape index (κ2) is 6.33. The smallest absolute Gasteiger partial charge is 0.238 e. The summed E-state index contributed by atoms with van der Waals surface area (Å²) in [5, 5.41) is 7.80. The average molecular weight is 325 g/mol. The van der Waals surface area contributed by atoms with Gasteiger partial charge in [-0.3, -0.25) is 4.79 Å². The number of hydrogen-bond donors (Lipinski definition) is 2. The lowest BCUT2D eigenvalue weighted by molar-refractivity contribution is -0.120. The van der Waals surface area contributed by atoms with E-state index in [4.69, 9.17) is 5.14 Å². The number of aromatic nitrogens is 1. The van der Waals surface area contributed by atoms with Gasteiger partial charge < -0.3 is 5.32 Å². The highest BCUT2D eigenvalue weighted by Gasteiger charge is 2.09. The van der Waals surface area contributed by atoms with Crippen LogP contribution < -0.4 is 10.5 Å². The van der Waals surface area contributed by atoms with E-state index in [1.54, 1.807) is 17.6 Å². The van der Waals surface area contributed by atoms with Gasteiger partial charge in [-0.1, -0.05) is 12.1 Å². The number of hydrogen-bond acceptors (Lipinski definition) is 5. The topological polar surface area (TPSA) is 102 Å². The Kier molecular flexibility index (Phi) is 4.71. The van der Waals surface area contributed by atoms with Crippen molar-refractivity contribution in [2.45, 2.75) is 24.8 Å². The number of rotatable bonds is 5. The van der Waals surface area contributed by atoms with Crippen molar-refractivity contribution in [2.75, 3.05) is 0 Å². The monoisotopic (exact) mass is 325 g/mol. The molecule has 0 spiro atoms. The van der Waals surface area contributed by atoms with Gasteiger partial charge in [-0.05, 0) is 24.6 Å². The van der Waals surface area contributed by atoms with E-state index in [1.807, 2.05) is 6.92 Å². The number of nitrogens with zero attached hydrogens (tertiary/aromatic N) is 1. The van der Waals surface area contributed by atoms with Gasteiger partial charge in [-0.2, -0.15) is 0 Å².